The van der Waals surface area contributed by atoms with Crippen molar-refractivity contribution in [3.8, 4) is 0 Å². The van der Waals surface area contributed by atoms with E-state index in [0.29, 0.717) is 6.42 Å². The van der Waals surface area contributed by atoms with Gasteiger partial charge in [0.05, 0.1) is 0 Å². The van der Waals surface area contributed by atoms with Crippen molar-refractivity contribution in [2.75, 3.05) is 5.73 Å². The smallest absolute Gasteiger partial charge is 0.160 e. The van der Waals surface area contributed by atoms with Crippen molar-refractivity contribution in [1.29, 1.82) is 0 Å². The maximum atomic E-state index is 11.9. The van der Waals surface area contributed by atoms with Crippen LogP contribution in [0.1, 0.15) is 22.3 Å². The summed E-state index contributed by atoms with van der Waals surface area (Å²) in [6.45, 7) is 4.13. The summed E-state index contributed by atoms with van der Waals surface area (Å²) in [6, 6.07) is 13.6. The third-order valence-electron chi connectivity index (χ3n) is 3.35. The van der Waals surface area contributed by atoms with E-state index in [2.05, 4.69) is 26.0 Å². The topological polar surface area (TPSA) is 43.1 Å². The van der Waals surface area contributed by atoms with Gasteiger partial charge in [-0.3, -0.25) is 4.79 Å². The van der Waals surface area contributed by atoms with E-state index in [4.69, 9.17) is 5.73 Å². The van der Waals surface area contributed by atoms with E-state index in [9.17, 15) is 4.79 Å². The fraction of sp³-hybridized carbons (Fsp3) is 0.167. The second-order valence-electron chi connectivity index (χ2n) is 5.06. The monoisotopic (exact) mass is 265 g/mol. The standard InChI is InChI=1S/C18H19NO/c1-13-3-4-16(11-14(13)2)12-18(20)10-7-15-5-8-17(19)9-6-15/h3-11H,12,19H2,1-2H3/b10-7+. The van der Waals surface area contributed by atoms with E-state index in [1.807, 2.05) is 36.4 Å². The number of hydrogen-bond acceptors (Lipinski definition) is 2. The maximum Gasteiger partial charge on any atom is 0.160 e. The van der Waals surface area contributed by atoms with Gasteiger partial charge < -0.3 is 5.73 Å². The SMILES string of the molecule is Cc1ccc(CC(=O)/C=C/c2ccc(N)cc2)cc1C. The highest BCUT2D eigenvalue weighted by molar-refractivity contribution is 5.95. The number of allylic oxidation sites excluding steroid dienone is 1. The molecule has 2 rings (SSSR count). The number of carbonyl (C=O) groups is 1. The van der Waals surface area contributed by atoms with Gasteiger partial charge >= 0.3 is 0 Å². The van der Waals surface area contributed by atoms with Gasteiger partial charge in [-0.15, -0.1) is 0 Å². The number of hydrogen-bond donors (Lipinski definition) is 1. The zero-order valence-corrected chi connectivity index (χ0v) is 11.9. The molecule has 0 atom stereocenters. The Morgan fingerprint density at radius 2 is 1.75 bits per heavy atom. The number of carbonyl (C=O) groups excluding carboxylic acids is 1. The highest BCUT2D eigenvalue weighted by Gasteiger charge is 2.01. The molecule has 0 aliphatic carbocycles. The predicted octanol–water partition coefficient (Wildman–Crippen LogP) is 3.71. The van der Waals surface area contributed by atoms with Crippen molar-refractivity contribution in [3.63, 3.8) is 0 Å². The summed E-state index contributed by atoms with van der Waals surface area (Å²) in [5, 5.41) is 0. The molecular formula is C18H19NO. The zero-order valence-electron chi connectivity index (χ0n) is 11.9. The van der Waals surface area contributed by atoms with Gasteiger partial charge in [-0.05, 0) is 54.3 Å². The van der Waals surface area contributed by atoms with Crippen LogP contribution in [-0.4, -0.2) is 5.78 Å². The molecule has 0 heterocycles. The van der Waals surface area contributed by atoms with Crippen molar-refractivity contribution < 1.29 is 4.79 Å². The van der Waals surface area contributed by atoms with Crippen LogP contribution in [0.5, 0.6) is 0 Å². The molecule has 0 unspecified atom stereocenters. The fourth-order valence-corrected chi connectivity index (χ4v) is 1.97. The first-order chi connectivity index (χ1) is 9.54. The molecule has 0 aliphatic rings. The molecule has 2 aromatic carbocycles. The van der Waals surface area contributed by atoms with Crippen molar-refractivity contribution in [2.45, 2.75) is 20.3 Å². The number of aryl methyl sites for hydroxylation is 2. The molecule has 102 valence electrons. The first-order valence-corrected chi connectivity index (χ1v) is 6.67. The highest BCUT2D eigenvalue weighted by atomic mass is 16.1. The van der Waals surface area contributed by atoms with E-state index in [0.717, 1.165) is 16.8 Å². The normalized spacial score (nSPS) is 10.9. The Morgan fingerprint density at radius 3 is 2.40 bits per heavy atom. The molecule has 0 fully saturated rings. The van der Waals surface area contributed by atoms with Gasteiger partial charge in [0.15, 0.2) is 5.78 Å². The largest absolute Gasteiger partial charge is 0.399 e. The highest BCUT2D eigenvalue weighted by Crippen LogP contribution is 2.11. The molecule has 0 bridgehead atoms. The molecule has 0 saturated heterocycles. The molecule has 2 N–H and O–H groups in total. The lowest BCUT2D eigenvalue weighted by Crippen LogP contribution is -1.99. The van der Waals surface area contributed by atoms with E-state index in [-0.39, 0.29) is 5.78 Å². The summed E-state index contributed by atoms with van der Waals surface area (Å²) in [5.41, 5.74) is 10.8. The molecular weight excluding hydrogens is 246 g/mol. The van der Waals surface area contributed by atoms with Crippen LogP contribution in [0.3, 0.4) is 0 Å². The molecule has 20 heavy (non-hydrogen) atoms. The lowest BCUT2D eigenvalue weighted by Gasteiger charge is -2.03. The molecule has 0 saturated carbocycles. The van der Waals surface area contributed by atoms with Gasteiger partial charge in [0.1, 0.15) is 0 Å². The number of benzene rings is 2. The van der Waals surface area contributed by atoms with Gasteiger partial charge in [0, 0.05) is 12.1 Å². The Balaban J connectivity index is 2.01. The Hall–Kier alpha value is -2.35. The summed E-state index contributed by atoms with van der Waals surface area (Å²) in [4.78, 5) is 11.9. The third kappa shape index (κ3) is 3.82. The van der Waals surface area contributed by atoms with Gasteiger partial charge in [0.2, 0.25) is 0 Å². The van der Waals surface area contributed by atoms with Crippen molar-refractivity contribution in [2.24, 2.45) is 0 Å². The van der Waals surface area contributed by atoms with Crippen LogP contribution in [0, 0.1) is 13.8 Å². The van der Waals surface area contributed by atoms with E-state index in [1.165, 1.54) is 11.1 Å². The van der Waals surface area contributed by atoms with Gasteiger partial charge in [-0.1, -0.05) is 36.4 Å². The first-order valence-electron chi connectivity index (χ1n) is 6.67. The van der Waals surface area contributed by atoms with Crippen molar-refractivity contribution in [1.82, 2.24) is 0 Å². The van der Waals surface area contributed by atoms with E-state index < -0.39 is 0 Å². The second kappa shape index (κ2) is 6.20. The summed E-state index contributed by atoms with van der Waals surface area (Å²) in [5.74, 6) is 0.102. The fourth-order valence-electron chi connectivity index (χ4n) is 1.97. The first kappa shape index (κ1) is 14.1. The van der Waals surface area contributed by atoms with Crippen LogP contribution in [-0.2, 0) is 11.2 Å². The summed E-state index contributed by atoms with van der Waals surface area (Å²) >= 11 is 0. The third-order valence-corrected chi connectivity index (χ3v) is 3.35. The lowest BCUT2D eigenvalue weighted by molar-refractivity contribution is -0.113. The van der Waals surface area contributed by atoms with Crippen LogP contribution < -0.4 is 5.73 Å². The van der Waals surface area contributed by atoms with Gasteiger partial charge in [-0.2, -0.15) is 0 Å². The molecule has 0 amide bonds. The Bertz CT molecular complexity index is 639. The van der Waals surface area contributed by atoms with Crippen LogP contribution >= 0.6 is 0 Å². The minimum atomic E-state index is 0.102. The number of rotatable bonds is 4. The number of nitrogens with two attached hydrogens (primary N) is 1. The summed E-state index contributed by atoms with van der Waals surface area (Å²) in [6.07, 6.45) is 3.89. The van der Waals surface area contributed by atoms with Crippen molar-refractivity contribution in [3.05, 3.63) is 70.8 Å². The molecule has 0 aliphatic heterocycles. The minimum absolute atomic E-state index is 0.102. The average molecular weight is 265 g/mol. The summed E-state index contributed by atoms with van der Waals surface area (Å²) < 4.78 is 0. The van der Waals surface area contributed by atoms with Gasteiger partial charge in [-0.25, -0.2) is 0 Å². The Labute approximate surface area is 119 Å². The van der Waals surface area contributed by atoms with Crippen LogP contribution in [0.25, 0.3) is 6.08 Å². The molecule has 0 radical (unpaired) electrons. The molecule has 2 nitrogen and oxygen atoms in total. The maximum absolute atomic E-state index is 11.9. The molecule has 0 aromatic heterocycles. The number of ketones is 1. The molecule has 0 spiro atoms. The van der Waals surface area contributed by atoms with Gasteiger partial charge in [0.25, 0.3) is 0 Å². The zero-order chi connectivity index (χ0) is 14.5. The molecule has 2 heteroatoms. The number of anilines is 1. The van der Waals surface area contributed by atoms with Crippen LogP contribution in [0.4, 0.5) is 5.69 Å². The van der Waals surface area contributed by atoms with E-state index in [1.54, 1.807) is 6.08 Å². The second-order valence-corrected chi connectivity index (χ2v) is 5.06. The predicted molar refractivity (Wildman–Crippen MR) is 84.5 cm³/mol. The van der Waals surface area contributed by atoms with Crippen LogP contribution in [0.15, 0.2) is 48.5 Å². The van der Waals surface area contributed by atoms with Crippen LogP contribution in [0.2, 0.25) is 0 Å². The lowest BCUT2D eigenvalue weighted by atomic mass is 10.0. The quantitative estimate of drug-likeness (QED) is 0.676. The summed E-state index contributed by atoms with van der Waals surface area (Å²) in [7, 11) is 0. The number of nitrogen functional groups attached to an aromatic ring is 1. The van der Waals surface area contributed by atoms with E-state index >= 15 is 0 Å². The Kier molecular flexibility index (Phi) is 4.36. The average Bonchev–Trinajstić information content (AvgIpc) is 2.42. The molecule has 2 aromatic rings. The Morgan fingerprint density at radius 1 is 1.05 bits per heavy atom. The van der Waals surface area contributed by atoms with Crippen molar-refractivity contribution >= 4 is 17.5 Å². The minimum Gasteiger partial charge on any atom is -0.399 e.